The predicted molar refractivity (Wildman–Crippen MR) is 332 cm³/mol. The number of aliphatic hydroxyl groups is 1. The van der Waals surface area contributed by atoms with E-state index in [-0.39, 0.29) is 93.7 Å². The number of benzene rings is 2. The van der Waals surface area contributed by atoms with Crippen LogP contribution in [0.15, 0.2) is 59.6 Å². The molecule has 2 saturated heterocycles. The molecule has 18 N–H and O–H groups in total. The van der Waals surface area contributed by atoms with Crippen LogP contribution in [0.3, 0.4) is 0 Å². The van der Waals surface area contributed by atoms with Gasteiger partial charge in [0.15, 0.2) is 5.96 Å². The molecule has 0 saturated carbocycles. The molecule has 2 aliphatic rings. The van der Waals surface area contributed by atoms with Gasteiger partial charge in [-0.2, -0.15) is 25.3 Å². The molecule has 88 heavy (non-hydrogen) atoms. The monoisotopic (exact) mass is 1270 g/mol. The zero-order valence-electron chi connectivity index (χ0n) is 50.1. The number of amides is 10. The largest absolute Gasteiger partial charge is 0.508 e. The lowest BCUT2D eigenvalue weighted by atomic mass is 9.96. The van der Waals surface area contributed by atoms with Crippen LogP contribution in [0.2, 0.25) is 0 Å². The Morgan fingerprint density at radius 3 is 1.81 bits per heavy atom. The van der Waals surface area contributed by atoms with E-state index in [0.29, 0.717) is 36.8 Å². The highest BCUT2D eigenvalue weighted by Crippen LogP contribution is 2.27. The number of thiol groups is 2. The van der Waals surface area contributed by atoms with Crippen LogP contribution < -0.4 is 60.2 Å². The zero-order chi connectivity index (χ0) is 65.4. The first-order valence-corrected chi connectivity index (χ1v) is 30.7. The maximum absolute atomic E-state index is 15.1. The van der Waals surface area contributed by atoms with Crippen molar-refractivity contribution >= 4 is 96.3 Å². The van der Waals surface area contributed by atoms with E-state index in [2.05, 4.69) is 67.5 Å². The van der Waals surface area contributed by atoms with Gasteiger partial charge in [-0.3, -0.25) is 52.9 Å². The minimum atomic E-state index is -1.54. The fraction of sp³-hybridized carbons (Fsp3) is 0.586. The van der Waals surface area contributed by atoms with Crippen molar-refractivity contribution in [3.63, 3.8) is 0 Å². The molecule has 28 nitrogen and oxygen atoms in total. The SMILES string of the molecule is CC[C@H](C)[C@H](NC(=O)[C@@H]1C[C@@H](O)CN1C(=O)[C@@H]1CCCN1C(=O)[C@H](Cc1ccccc1)NC(=O)[C@H](Cc1ccc(O)cc1)NC(=O)[C@H](CCC(N)=O)NC(=O)[C@H](CCCCN=C(N)N)NC(=O)[C@@H](N)CS)C(=O)N[C@@H](CC(C)C)C(=O)N[C@@H](CS)C(=O)O. The Hall–Kier alpha value is -7.70. The van der Waals surface area contributed by atoms with Gasteiger partial charge in [-0.15, -0.1) is 0 Å². The second kappa shape index (κ2) is 35.9. The summed E-state index contributed by atoms with van der Waals surface area (Å²) in [6.07, 6.45) is -0.919. The highest BCUT2D eigenvalue weighted by Gasteiger charge is 2.47. The molecule has 0 radical (unpaired) electrons. The first-order chi connectivity index (χ1) is 41.7. The van der Waals surface area contributed by atoms with Gasteiger partial charge in [-0.05, 0) is 80.0 Å². The average Bonchev–Trinajstić information content (AvgIpc) is 3.45. The molecular formula is C58H88N14O14S2. The van der Waals surface area contributed by atoms with Crippen molar-refractivity contribution in [1.29, 1.82) is 0 Å². The van der Waals surface area contributed by atoms with Crippen LogP contribution >= 0.6 is 25.3 Å². The van der Waals surface area contributed by atoms with E-state index >= 15 is 4.79 Å². The summed E-state index contributed by atoms with van der Waals surface area (Å²) >= 11 is 8.10. The maximum atomic E-state index is 15.1. The number of aliphatic carboxylic acids is 1. The second-order valence-corrected chi connectivity index (χ2v) is 23.4. The molecule has 486 valence electrons. The summed E-state index contributed by atoms with van der Waals surface area (Å²) in [6, 6.07) is 1.11. The number of likely N-dealkylation sites (tertiary alicyclic amines) is 2. The molecule has 2 aliphatic heterocycles. The van der Waals surface area contributed by atoms with Gasteiger partial charge in [0.2, 0.25) is 59.1 Å². The third-order valence-electron chi connectivity index (χ3n) is 15.2. The van der Waals surface area contributed by atoms with Crippen LogP contribution in [0.5, 0.6) is 5.75 Å². The van der Waals surface area contributed by atoms with E-state index in [1.165, 1.54) is 29.2 Å². The number of nitrogens with two attached hydrogens (primary N) is 4. The summed E-state index contributed by atoms with van der Waals surface area (Å²) in [6.45, 7) is 7.00. The number of primary amides is 1. The molecule has 30 heteroatoms. The Labute approximate surface area is 522 Å². The summed E-state index contributed by atoms with van der Waals surface area (Å²) in [5.41, 5.74) is 23.3. The number of phenolic OH excluding ortho intramolecular Hbond substituents is 1. The van der Waals surface area contributed by atoms with Crippen molar-refractivity contribution in [3.8, 4) is 5.75 Å². The number of carbonyl (C=O) groups is 11. The Balaban J connectivity index is 1.65. The standard InChI is InChI=1S/C58H88N14O14S2/c1-5-32(4)47(54(82)67-40(24-31(2)3)51(79)69-43(30-88)57(85)86)70-53(81)45-27-36(74)28-72(45)56(84)44-15-11-23-71(44)55(83)42(26-33-12-7-6-8-13-33)68-52(80)41(25-34-16-18-35(73)19-17-34)66-50(78)39(20-21-46(60)75)65-49(77)38(64-48(76)37(59)29-87)14-9-10-22-63-58(61)62/h6-8,12-13,16-19,31-32,36-45,47,73-74,87-88H,5,9-11,14-15,20-30,59H2,1-4H3,(H2,60,75)(H,64,76)(H,65,77)(H,66,78)(H,67,82)(H,68,80)(H,69,79)(H,70,81)(H,85,86)(H4,61,62,63)/t32-,36+,37-,38-,39-,40-,41-,42-,43-,44-,45-,47-/m0/s1. The molecular weight excluding hydrogens is 1180 g/mol. The highest BCUT2D eigenvalue weighted by molar-refractivity contribution is 7.80. The minimum absolute atomic E-state index is 0.0272. The smallest absolute Gasteiger partial charge is 0.327 e. The number of guanidine groups is 1. The number of carboxylic acid groups (broad SMARTS) is 1. The average molecular weight is 1270 g/mol. The molecule has 0 unspecified atom stereocenters. The van der Waals surface area contributed by atoms with Gasteiger partial charge in [0.05, 0.1) is 12.1 Å². The van der Waals surface area contributed by atoms with Crippen molar-refractivity contribution in [2.45, 2.75) is 171 Å². The second-order valence-electron chi connectivity index (χ2n) is 22.6. The maximum Gasteiger partial charge on any atom is 0.327 e. The van der Waals surface area contributed by atoms with Crippen molar-refractivity contribution < 1.29 is 68.1 Å². The lowest BCUT2D eigenvalue weighted by Gasteiger charge is -2.34. The van der Waals surface area contributed by atoms with E-state index in [4.69, 9.17) is 22.9 Å². The number of nitrogens with zero attached hydrogens (tertiary/aromatic N) is 3. The van der Waals surface area contributed by atoms with Gasteiger partial charge in [-0.1, -0.05) is 76.6 Å². The van der Waals surface area contributed by atoms with Gasteiger partial charge < -0.3 is 85.3 Å². The van der Waals surface area contributed by atoms with Gasteiger partial charge in [0.1, 0.15) is 60.1 Å². The van der Waals surface area contributed by atoms with Crippen LogP contribution in [0, 0.1) is 11.8 Å². The lowest BCUT2D eigenvalue weighted by Crippen LogP contribution is -2.61. The Kier molecular flexibility index (Phi) is 29.7. The number of hydrogen-bond acceptors (Lipinski definition) is 17. The van der Waals surface area contributed by atoms with Crippen LogP contribution in [-0.2, 0) is 65.6 Å². The van der Waals surface area contributed by atoms with E-state index in [1.807, 2.05) is 0 Å². The number of hydrogen-bond donors (Lipinski definition) is 16. The molecule has 2 fully saturated rings. The number of carboxylic acids is 1. The molecule has 0 aromatic heterocycles. The molecule has 4 rings (SSSR count). The zero-order valence-corrected chi connectivity index (χ0v) is 51.9. The van der Waals surface area contributed by atoms with Crippen LogP contribution in [0.4, 0.5) is 0 Å². The van der Waals surface area contributed by atoms with Crippen molar-refractivity contribution in [2.24, 2.45) is 39.8 Å². The third kappa shape index (κ3) is 22.8. The number of unbranched alkanes of at least 4 members (excludes halogenated alkanes) is 1. The fourth-order valence-corrected chi connectivity index (χ4v) is 10.6. The minimum Gasteiger partial charge on any atom is -0.508 e. The van der Waals surface area contributed by atoms with E-state index < -0.39 is 144 Å². The van der Waals surface area contributed by atoms with Gasteiger partial charge >= 0.3 is 5.97 Å². The molecule has 0 aliphatic carbocycles. The molecule has 12 atom stereocenters. The van der Waals surface area contributed by atoms with Crippen molar-refractivity contribution in [3.05, 3.63) is 65.7 Å². The first kappa shape index (κ1) is 72.8. The summed E-state index contributed by atoms with van der Waals surface area (Å²) in [5.74, 6) is -10.5. The summed E-state index contributed by atoms with van der Waals surface area (Å²) in [4.78, 5) is 159. The van der Waals surface area contributed by atoms with Gasteiger partial charge in [0, 0.05) is 56.8 Å². The Morgan fingerprint density at radius 1 is 0.659 bits per heavy atom. The number of aliphatic hydroxyl groups excluding tert-OH is 1. The van der Waals surface area contributed by atoms with Crippen LogP contribution in [0.1, 0.15) is 103 Å². The quantitative estimate of drug-likeness (QED) is 0.0148. The number of aromatic hydroxyl groups is 1. The first-order valence-electron chi connectivity index (χ1n) is 29.4. The van der Waals surface area contributed by atoms with Gasteiger partial charge in [-0.25, -0.2) is 4.79 Å². The van der Waals surface area contributed by atoms with Crippen LogP contribution in [-0.4, -0.2) is 194 Å². The summed E-state index contributed by atoms with van der Waals surface area (Å²) in [7, 11) is 0. The molecule has 10 amide bonds. The molecule has 2 aromatic rings. The molecule has 2 heterocycles. The number of phenols is 1. The Morgan fingerprint density at radius 2 is 1.22 bits per heavy atom. The van der Waals surface area contributed by atoms with E-state index in [1.54, 1.807) is 58.0 Å². The number of nitrogens with one attached hydrogen (secondary N) is 7. The normalized spacial score (nSPS) is 18.6. The number of carbonyl (C=O) groups excluding carboxylic acids is 10. The predicted octanol–water partition coefficient (Wildman–Crippen LogP) is -2.40. The van der Waals surface area contributed by atoms with Crippen molar-refractivity contribution in [1.82, 2.24) is 47.0 Å². The van der Waals surface area contributed by atoms with E-state index in [0.717, 1.165) is 4.90 Å². The fourth-order valence-electron chi connectivity index (χ4n) is 10.2. The van der Waals surface area contributed by atoms with Gasteiger partial charge in [0.25, 0.3) is 0 Å². The lowest BCUT2D eigenvalue weighted by molar-refractivity contribution is -0.148. The third-order valence-corrected chi connectivity index (χ3v) is 16.0. The number of rotatable bonds is 35. The molecule has 2 aromatic carbocycles. The number of aliphatic imine (C=N–C) groups is 1. The molecule has 0 spiro atoms. The van der Waals surface area contributed by atoms with E-state index in [9.17, 15) is 63.3 Å². The van der Waals surface area contributed by atoms with Crippen molar-refractivity contribution in [2.75, 3.05) is 31.1 Å². The van der Waals surface area contributed by atoms with Crippen LogP contribution in [0.25, 0.3) is 0 Å². The topological polar surface area (TPSA) is 456 Å². The molecule has 0 bridgehead atoms. The summed E-state index contributed by atoms with van der Waals surface area (Å²) < 4.78 is 0. The highest BCUT2D eigenvalue weighted by atomic mass is 32.1. The Bertz CT molecular complexity index is 2760. The summed E-state index contributed by atoms with van der Waals surface area (Å²) in [5, 5.41) is 49.2. The number of β-amino-alcohol motifs (C(OH)–C–C–N with tert-alkyl or cyclic N) is 1.